The molecule has 166 valence electrons. The minimum Gasteiger partial charge on any atom is -0.347 e. The summed E-state index contributed by atoms with van der Waals surface area (Å²) in [5.41, 5.74) is 0.534. The number of hydrogen-bond donors (Lipinski definition) is 2. The summed E-state index contributed by atoms with van der Waals surface area (Å²) in [6, 6.07) is 8.73. The molecule has 0 spiro atoms. The largest absolute Gasteiger partial charge is 0.347 e. The first kappa shape index (κ1) is 23.1. The molecular weight excluding hydrogens is 452 g/mol. The lowest BCUT2D eigenvalue weighted by Crippen LogP contribution is -2.44. The number of benzene rings is 2. The average molecular weight is 472 g/mol. The van der Waals surface area contributed by atoms with Gasteiger partial charge in [-0.05, 0) is 55.3 Å². The van der Waals surface area contributed by atoms with Crippen molar-refractivity contribution in [2.24, 2.45) is 5.92 Å². The fourth-order valence-corrected chi connectivity index (χ4v) is 4.89. The van der Waals surface area contributed by atoms with Crippen molar-refractivity contribution in [3.05, 3.63) is 59.1 Å². The van der Waals surface area contributed by atoms with E-state index in [4.69, 9.17) is 11.6 Å². The Morgan fingerprint density at radius 3 is 2.35 bits per heavy atom. The Balaban J connectivity index is 1.50. The van der Waals surface area contributed by atoms with Crippen LogP contribution in [0.4, 0.5) is 14.5 Å². The molecule has 0 unspecified atom stereocenters. The van der Waals surface area contributed by atoms with Crippen molar-refractivity contribution in [3.63, 3.8) is 0 Å². The van der Waals surface area contributed by atoms with E-state index in [1.54, 1.807) is 24.3 Å². The predicted molar refractivity (Wildman–Crippen MR) is 111 cm³/mol. The molecule has 1 aliphatic rings. The maximum absolute atomic E-state index is 13.9. The van der Waals surface area contributed by atoms with Crippen LogP contribution in [-0.4, -0.2) is 44.2 Å². The standard InChI is InChI=1S/C20H20ClF2N3O4S/c21-14-1-4-16(5-2-14)25-19(27)12-24-20(28)13-7-9-26(10-8-13)31(29,30)18-11-15(22)3-6-17(18)23/h1-6,11,13H,7-10,12H2,(H,24,28)(H,25,27). The monoisotopic (exact) mass is 471 g/mol. The Kier molecular flexibility index (Phi) is 7.24. The zero-order valence-corrected chi connectivity index (χ0v) is 17.8. The second kappa shape index (κ2) is 9.71. The smallest absolute Gasteiger partial charge is 0.246 e. The quantitative estimate of drug-likeness (QED) is 0.677. The average Bonchev–Trinajstić information content (AvgIpc) is 2.75. The molecule has 31 heavy (non-hydrogen) atoms. The lowest BCUT2D eigenvalue weighted by molar-refractivity contribution is -0.128. The van der Waals surface area contributed by atoms with E-state index in [0.717, 1.165) is 16.4 Å². The lowest BCUT2D eigenvalue weighted by atomic mass is 9.97. The van der Waals surface area contributed by atoms with Crippen molar-refractivity contribution < 1.29 is 26.8 Å². The highest BCUT2D eigenvalue weighted by Gasteiger charge is 2.33. The lowest BCUT2D eigenvalue weighted by Gasteiger charge is -2.30. The number of carbonyl (C=O) groups excluding carboxylic acids is 2. The van der Waals surface area contributed by atoms with Crippen LogP contribution in [0.5, 0.6) is 0 Å². The molecule has 1 heterocycles. The van der Waals surface area contributed by atoms with Gasteiger partial charge in [0.15, 0.2) is 0 Å². The number of hydrogen-bond acceptors (Lipinski definition) is 4. The Hall–Kier alpha value is -2.56. The Labute approximate surface area is 183 Å². The molecular formula is C20H20ClF2N3O4S. The topological polar surface area (TPSA) is 95.6 Å². The fraction of sp³-hybridized carbons (Fsp3) is 0.300. The van der Waals surface area contributed by atoms with Gasteiger partial charge in [0.1, 0.15) is 16.5 Å². The van der Waals surface area contributed by atoms with Crippen LogP contribution in [0.25, 0.3) is 0 Å². The van der Waals surface area contributed by atoms with Crippen molar-refractivity contribution in [1.82, 2.24) is 9.62 Å². The molecule has 0 aromatic heterocycles. The van der Waals surface area contributed by atoms with Gasteiger partial charge in [-0.15, -0.1) is 0 Å². The van der Waals surface area contributed by atoms with Gasteiger partial charge in [-0.1, -0.05) is 11.6 Å². The number of nitrogens with zero attached hydrogens (tertiary/aromatic N) is 1. The van der Waals surface area contributed by atoms with E-state index in [1.807, 2.05) is 0 Å². The molecule has 1 saturated heterocycles. The SMILES string of the molecule is O=C(CNC(=O)C1CCN(S(=O)(=O)c2cc(F)ccc2F)CC1)Nc1ccc(Cl)cc1. The van der Waals surface area contributed by atoms with E-state index in [0.29, 0.717) is 16.8 Å². The third-order valence-electron chi connectivity index (χ3n) is 4.89. The number of sulfonamides is 1. The minimum atomic E-state index is -4.21. The third-order valence-corrected chi connectivity index (χ3v) is 7.05. The summed E-state index contributed by atoms with van der Waals surface area (Å²) in [6.45, 7) is -0.283. The predicted octanol–water partition coefficient (Wildman–Crippen LogP) is 2.77. The maximum atomic E-state index is 13.9. The maximum Gasteiger partial charge on any atom is 0.246 e. The van der Waals surface area contributed by atoms with Crippen molar-refractivity contribution in [2.45, 2.75) is 17.7 Å². The summed E-state index contributed by atoms with van der Waals surface area (Å²) in [6.07, 6.45) is 0.390. The zero-order valence-electron chi connectivity index (χ0n) is 16.3. The molecule has 2 aromatic carbocycles. The molecule has 0 atom stereocenters. The van der Waals surface area contributed by atoms with Gasteiger partial charge in [0.05, 0.1) is 6.54 Å². The number of amides is 2. The van der Waals surface area contributed by atoms with Crippen LogP contribution in [0.2, 0.25) is 5.02 Å². The first-order chi connectivity index (χ1) is 14.7. The van der Waals surface area contributed by atoms with Gasteiger partial charge >= 0.3 is 0 Å². The third kappa shape index (κ3) is 5.78. The molecule has 3 rings (SSSR count). The Morgan fingerprint density at radius 1 is 1.06 bits per heavy atom. The number of nitrogens with one attached hydrogen (secondary N) is 2. The molecule has 0 radical (unpaired) electrons. The van der Waals surface area contributed by atoms with Crippen molar-refractivity contribution in [2.75, 3.05) is 25.0 Å². The summed E-state index contributed by atoms with van der Waals surface area (Å²) in [5.74, 6) is -3.18. The number of rotatable bonds is 6. The highest BCUT2D eigenvalue weighted by Crippen LogP contribution is 2.26. The molecule has 0 saturated carbocycles. The normalized spacial score (nSPS) is 15.5. The summed E-state index contributed by atoms with van der Waals surface area (Å²) in [7, 11) is -4.21. The first-order valence-electron chi connectivity index (χ1n) is 9.45. The van der Waals surface area contributed by atoms with Gasteiger partial charge in [0.25, 0.3) is 0 Å². The van der Waals surface area contributed by atoms with Crippen molar-refractivity contribution in [1.29, 1.82) is 0 Å². The van der Waals surface area contributed by atoms with Gasteiger partial charge < -0.3 is 10.6 Å². The molecule has 0 bridgehead atoms. The molecule has 2 N–H and O–H groups in total. The molecule has 2 amide bonds. The van der Waals surface area contributed by atoms with Gasteiger partial charge in [0, 0.05) is 29.7 Å². The molecule has 0 aliphatic carbocycles. The Morgan fingerprint density at radius 2 is 1.71 bits per heavy atom. The van der Waals surface area contributed by atoms with Gasteiger partial charge in [0.2, 0.25) is 21.8 Å². The van der Waals surface area contributed by atoms with Crippen LogP contribution in [0.1, 0.15) is 12.8 Å². The van der Waals surface area contributed by atoms with Crippen LogP contribution >= 0.6 is 11.6 Å². The molecule has 11 heteroatoms. The fourth-order valence-electron chi connectivity index (χ4n) is 3.22. The van der Waals surface area contributed by atoms with Crippen LogP contribution < -0.4 is 10.6 Å². The van der Waals surface area contributed by atoms with Crippen LogP contribution in [0, 0.1) is 17.6 Å². The van der Waals surface area contributed by atoms with Crippen LogP contribution in [0.3, 0.4) is 0 Å². The first-order valence-corrected chi connectivity index (χ1v) is 11.3. The summed E-state index contributed by atoms with van der Waals surface area (Å²) >= 11 is 5.78. The summed E-state index contributed by atoms with van der Waals surface area (Å²) in [4.78, 5) is 23.6. The van der Waals surface area contributed by atoms with Crippen LogP contribution in [-0.2, 0) is 19.6 Å². The summed E-state index contributed by atoms with van der Waals surface area (Å²) in [5, 5.41) is 5.67. The summed E-state index contributed by atoms with van der Waals surface area (Å²) < 4.78 is 53.5. The number of carbonyl (C=O) groups is 2. The molecule has 1 fully saturated rings. The van der Waals surface area contributed by atoms with Crippen molar-refractivity contribution in [3.8, 4) is 0 Å². The number of anilines is 1. The van der Waals surface area contributed by atoms with Gasteiger partial charge in [-0.3, -0.25) is 9.59 Å². The highest BCUT2D eigenvalue weighted by atomic mass is 35.5. The van der Waals surface area contributed by atoms with E-state index in [9.17, 15) is 26.8 Å². The number of halogens is 3. The van der Waals surface area contributed by atoms with Crippen LogP contribution in [0.15, 0.2) is 47.4 Å². The minimum absolute atomic E-state index is 0.0205. The molecule has 7 nitrogen and oxygen atoms in total. The zero-order chi connectivity index (χ0) is 22.6. The second-order valence-electron chi connectivity index (χ2n) is 7.03. The van der Waals surface area contributed by atoms with Gasteiger partial charge in [-0.25, -0.2) is 17.2 Å². The highest BCUT2D eigenvalue weighted by molar-refractivity contribution is 7.89. The second-order valence-corrected chi connectivity index (χ2v) is 9.37. The van der Waals surface area contributed by atoms with Crippen molar-refractivity contribution >= 4 is 39.1 Å². The molecule has 1 aliphatic heterocycles. The Bertz CT molecular complexity index is 1070. The van der Waals surface area contributed by atoms with E-state index < -0.39 is 38.4 Å². The number of piperidine rings is 1. The molecule has 2 aromatic rings. The van der Waals surface area contributed by atoms with E-state index >= 15 is 0 Å². The van der Waals surface area contributed by atoms with Gasteiger partial charge in [-0.2, -0.15) is 4.31 Å². The van der Waals surface area contributed by atoms with E-state index in [-0.39, 0.29) is 38.4 Å². The van der Waals surface area contributed by atoms with E-state index in [2.05, 4.69) is 10.6 Å². The van der Waals surface area contributed by atoms with E-state index in [1.165, 1.54) is 0 Å².